The van der Waals surface area contributed by atoms with Gasteiger partial charge in [0.2, 0.25) is 0 Å². The standard InChI is InChI=1S/C9H11ClFN/c1-2-8(12)6-4-3-5-7(11)9(6)10/h3-5,8H,2,12H2,1H3. The van der Waals surface area contributed by atoms with E-state index < -0.39 is 5.82 Å². The maximum atomic E-state index is 12.9. The molecule has 0 bridgehead atoms. The minimum absolute atomic E-state index is 0.145. The summed E-state index contributed by atoms with van der Waals surface area (Å²) in [7, 11) is 0. The molecule has 0 saturated heterocycles. The number of nitrogens with two attached hydrogens (primary N) is 1. The van der Waals surface area contributed by atoms with Crippen LogP contribution < -0.4 is 5.73 Å². The van der Waals surface area contributed by atoms with Gasteiger partial charge in [-0.2, -0.15) is 0 Å². The van der Waals surface area contributed by atoms with Crippen LogP contribution in [-0.4, -0.2) is 0 Å². The fourth-order valence-electron chi connectivity index (χ4n) is 1.03. The monoisotopic (exact) mass is 187 g/mol. The highest BCUT2D eigenvalue weighted by molar-refractivity contribution is 6.31. The lowest BCUT2D eigenvalue weighted by Crippen LogP contribution is -2.09. The van der Waals surface area contributed by atoms with Crippen LogP contribution in [0.15, 0.2) is 18.2 Å². The molecule has 0 saturated carbocycles. The third-order valence-corrected chi connectivity index (χ3v) is 2.22. The van der Waals surface area contributed by atoms with Gasteiger partial charge >= 0.3 is 0 Å². The Morgan fingerprint density at radius 1 is 1.58 bits per heavy atom. The second kappa shape index (κ2) is 3.87. The molecule has 1 aromatic rings. The second-order valence-electron chi connectivity index (χ2n) is 2.66. The van der Waals surface area contributed by atoms with Gasteiger partial charge in [-0.1, -0.05) is 30.7 Å². The van der Waals surface area contributed by atoms with Crippen LogP contribution in [-0.2, 0) is 0 Å². The van der Waals surface area contributed by atoms with E-state index in [2.05, 4.69) is 0 Å². The normalized spacial score (nSPS) is 13.0. The average molecular weight is 188 g/mol. The van der Waals surface area contributed by atoms with Crippen molar-refractivity contribution in [2.24, 2.45) is 5.73 Å². The van der Waals surface area contributed by atoms with E-state index in [4.69, 9.17) is 17.3 Å². The molecule has 2 N–H and O–H groups in total. The SMILES string of the molecule is CCC(N)c1cccc(F)c1Cl. The maximum absolute atomic E-state index is 12.9. The molecule has 1 nitrogen and oxygen atoms in total. The van der Waals surface area contributed by atoms with Gasteiger partial charge in [0.15, 0.2) is 0 Å². The maximum Gasteiger partial charge on any atom is 0.142 e. The van der Waals surface area contributed by atoms with Crippen LogP contribution >= 0.6 is 11.6 Å². The molecule has 0 aliphatic rings. The van der Waals surface area contributed by atoms with Gasteiger partial charge in [-0.25, -0.2) is 4.39 Å². The third kappa shape index (κ3) is 1.76. The van der Waals surface area contributed by atoms with Crippen molar-refractivity contribution in [3.8, 4) is 0 Å². The predicted molar refractivity (Wildman–Crippen MR) is 48.6 cm³/mol. The van der Waals surface area contributed by atoms with Crippen molar-refractivity contribution < 1.29 is 4.39 Å². The molecule has 0 radical (unpaired) electrons. The number of hydrogen-bond acceptors (Lipinski definition) is 1. The van der Waals surface area contributed by atoms with Crippen molar-refractivity contribution in [3.63, 3.8) is 0 Å². The molecule has 0 aliphatic heterocycles. The molecule has 0 aromatic heterocycles. The fourth-order valence-corrected chi connectivity index (χ4v) is 1.29. The first-order chi connectivity index (χ1) is 5.66. The molecule has 0 amide bonds. The minimum Gasteiger partial charge on any atom is -0.324 e. The number of benzene rings is 1. The molecule has 12 heavy (non-hydrogen) atoms. The molecule has 1 unspecified atom stereocenters. The Bertz CT molecular complexity index is 275. The quantitative estimate of drug-likeness (QED) is 0.757. The zero-order valence-electron chi connectivity index (χ0n) is 6.85. The lowest BCUT2D eigenvalue weighted by molar-refractivity contribution is 0.617. The van der Waals surface area contributed by atoms with Gasteiger partial charge in [-0.15, -0.1) is 0 Å². The van der Waals surface area contributed by atoms with E-state index in [9.17, 15) is 4.39 Å². The van der Waals surface area contributed by atoms with Gasteiger partial charge < -0.3 is 5.73 Å². The van der Waals surface area contributed by atoms with Crippen LogP contribution in [0.2, 0.25) is 5.02 Å². The number of rotatable bonds is 2. The molecule has 66 valence electrons. The van der Waals surface area contributed by atoms with Gasteiger partial charge in [0.1, 0.15) is 5.82 Å². The zero-order valence-corrected chi connectivity index (χ0v) is 7.61. The molecule has 1 atom stereocenters. The zero-order chi connectivity index (χ0) is 9.14. The summed E-state index contributed by atoms with van der Waals surface area (Å²) in [5.41, 5.74) is 6.39. The molecular weight excluding hydrogens is 177 g/mol. The first kappa shape index (κ1) is 9.49. The molecular formula is C9H11ClFN. The molecule has 1 rings (SSSR count). The Morgan fingerprint density at radius 2 is 2.25 bits per heavy atom. The number of halogens is 2. The van der Waals surface area contributed by atoms with Crippen molar-refractivity contribution in [1.82, 2.24) is 0 Å². The van der Waals surface area contributed by atoms with E-state index in [-0.39, 0.29) is 11.1 Å². The second-order valence-corrected chi connectivity index (χ2v) is 3.04. The molecule has 3 heteroatoms. The predicted octanol–water partition coefficient (Wildman–Crippen LogP) is 2.89. The highest BCUT2D eigenvalue weighted by Crippen LogP contribution is 2.25. The number of hydrogen-bond donors (Lipinski definition) is 1. The van der Waals surface area contributed by atoms with Crippen LogP contribution in [0.3, 0.4) is 0 Å². The largest absolute Gasteiger partial charge is 0.324 e. The van der Waals surface area contributed by atoms with E-state index in [0.29, 0.717) is 5.56 Å². The van der Waals surface area contributed by atoms with E-state index >= 15 is 0 Å². The van der Waals surface area contributed by atoms with E-state index in [1.807, 2.05) is 6.92 Å². The first-order valence-electron chi connectivity index (χ1n) is 3.86. The summed E-state index contributed by atoms with van der Waals surface area (Å²) in [6.07, 6.45) is 0.753. The van der Waals surface area contributed by atoms with Crippen molar-refractivity contribution in [2.75, 3.05) is 0 Å². The molecule has 0 aliphatic carbocycles. The van der Waals surface area contributed by atoms with Crippen molar-refractivity contribution in [3.05, 3.63) is 34.6 Å². The fraction of sp³-hybridized carbons (Fsp3) is 0.333. The molecule has 0 heterocycles. The summed E-state index contributed by atoms with van der Waals surface area (Å²) in [6.45, 7) is 1.94. The Hall–Kier alpha value is -0.600. The first-order valence-corrected chi connectivity index (χ1v) is 4.24. The summed E-state index contributed by atoms with van der Waals surface area (Å²) in [5.74, 6) is -0.405. The Balaban J connectivity index is 3.07. The van der Waals surface area contributed by atoms with Crippen molar-refractivity contribution >= 4 is 11.6 Å². The summed E-state index contributed by atoms with van der Waals surface area (Å²) in [6, 6.07) is 4.52. The van der Waals surface area contributed by atoms with Gasteiger partial charge in [0.25, 0.3) is 0 Å². The van der Waals surface area contributed by atoms with Crippen LogP contribution in [0.25, 0.3) is 0 Å². The summed E-state index contributed by atoms with van der Waals surface area (Å²) >= 11 is 5.71. The Labute approximate surface area is 76.3 Å². The summed E-state index contributed by atoms with van der Waals surface area (Å²) in [5, 5.41) is 0.145. The van der Waals surface area contributed by atoms with Crippen molar-refractivity contribution in [2.45, 2.75) is 19.4 Å². The van der Waals surface area contributed by atoms with Crippen LogP contribution in [0.5, 0.6) is 0 Å². The Morgan fingerprint density at radius 3 is 2.83 bits per heavy atom. The molecule has 1 aromatic carbocycles. The van der Waals surface area contributed by atoms with Gasteiger partial charge in [-0.3, -0.25) is 0 Å². The molecule has 0 spiro atoms. The highest BCUT2D eigenvalue weighted by atomic mass is 35.5. The highest BCUT2D eigenvalue weighted by Gasteiger charge is 2.10. The third-order valence-electron chi connectivity index (χ3n) is 1.82. The smallest absolute Gasteiger partial charge is 0.142 e. The summed E-state index contributed by atoms with van der Waals surface area (Å²) < 4.78 is 12.9. The van der Waals surface area contributed by atoms with E-state index in [1.54, 1.807) is 12.1 Å². The topological polar surface area (TPSA) is 26.0 Å². The lowest BCUT2D eigenvalue weighted by atomic mass is 10.1. The van der Waals surface area contributed by atoms with Crippen LogP contribution in [0, 0.1) is 5.82 Å². The molecule has 0 fully saturated rings. The van der Waals surface area contributed by atoms with Crippen molar-refractivity contribution in [1.29, 1.82) is 0 Å². The average Bonchev–Trinajstić information content (AvgIpc) is 2.08. The van der Waals surface area contributed by atoms with Gasteiger partial charge in [-0.05, 0) is 18.1 Å². The minimum atomic E-state index is -0.405. The lowest BCUT2D eigenvalue weighted by Gasteiger charge is -2.10. The van der Waals surface area contributed by atoms with Crippen LogP contribution in [0.4, 0.5) is 4.39 Å². The Kier molecular flexibility index (Phi) is 3.06. The van der Waals surface area contributed by atoms with Gasteiger partial charge in [0, 0.05) is 6.04 Å². The van der Waals surface area contributed by atoms with E-state index in [0.717, 1.165) is 6.42 Å². The van der Waals surface area contributed by atoms with Crippen LogP contribution in [0.1, 0.15) is 24.9 Å². The summed E-state index contributed by atoms with van der Waals surface area (Å²) in [4.78, 5) is 0. The van der Waals surface area contributed by atoms with Gasteiger partial charge in [0.05, 0.1) is 5.02 Å². The van der Waals surface area contributed by atoms with E-state index in [1.165, 1.54) is 6.07 Å².